The molecule has 21 heavy (non-hydrogen) atoms. The Morgan fingerprint density at radius 1 is 1.29 bits per heavy atom. The zero-order chi connectivity index (χ0) is 15.6. The van der Waals surface area contributed by atoms with Crippen molar-refractivity contribution in [3.05, 3.63) is 57.5 Å². The van der Waals surface area contributed by atoms with Crippen LogP contribution in [-0.2, 0) is 0 Å². The molecule has 0 fully saturated rings. The van der Waals surface area contributed by atoms with Gasteiger partial charge in [-0.05, 0) is 30.7 Å². The van der Waals surface area contributed by atoms with Crippen molar-refractivity contribution < 1.29 is 4.79 Å². The van der Waals surface area contributed by atoms with E-state index in [0.717, 1.165) is 0 Å². The lowest BCUT2D eigenvalue weighted by Gasteiger charge is -2.12. The number of nitrogens with one attached hydrogen (secondary N) is 1. The Balaban J connectivity index is 2.64. The number of hydrogen-bond donors (Lipinski definition) is 1. The van der Waals surface area contributed by atoms with Crippen LogP contribution in [0.1, 0.15) is 21.6 Å². The highest BCUT2D eigenvalue weighted by atomic mass is 16.2. The summed E-state index contributed by atoms with van der Waals surface area (Å²) in [6.45, 7) is 1.75. The van der Waals surface area contributed by atoms with Crippen LogP contribution in [0.4, 0.5) is 0 Å². The van der Waals surface area contributed by atoms with Crippen LogP contribution in [0.15, 0.2) is 35.1 Å². The van der Waals surface area contributed by atoms with Gasteiger partial charge < -0.3 is 9.88 Å². The number of aromatic amines is 1. The minimum atomic E-state index is -0.420. The molecule has 0 unspecified atom stereocenters. The van der Waals surface area contributed by atoms with E-state index >= 15 is 0 Å². The van der Waals surface area contributed by atoms with Crippen molar-refractivity contribution in [3.63, 3.8) is 0 Å². The Labute approximate surface area is 122 Å². The molecule has 0 saturated heterocycles. The van der Waals surface area contributed by atoms with E-state index in [-0.39, 0.29) is 11.5 Å². The molecule has 0 aliphatic heterocycles. The third-order valence-electron chi connectivity index (χ3n) is 3.11. The number of carbonyl (C=O) groups excluding carboxylic acids is 1. The van der Waals surface area contributed by atoms with E-state index in [2.05, 4.69) is 4.98 Å². The smallest absolute Gasteiger partial charge is 0.266 e. The van der Waals surface area contributed by atoms with E-state index in [1.807, 2.05) is 6.07 Å². The zero-order valence-corrected chi connectivity index (χ0v) is 12.1. The first-order valence-electron chi connectivity index (χ1n) is 6.40. The lowest BCUT2D eigenvalue weighted by Crippen LogP contribution is -2.21. The fraction of sp³-hybridized carbons (Fsp3) is 0.188. The Hall–Kier alpha value is -2.87. The second kappa shape index (κ2) is 5.63. The third kappa shape index (κ3) is 2.84. The third-order valence-corrected chi connectivity index (χ3v) is 3.11. The van der Waals surface area contributed by atoms with Crippen LogP contribution < -0.4 is 5.56 Å². The topological polar surface area (TPSA) is 77.0 Å². The van der Waals surface area contributed by atoms with Crippen molar-refractivity contribution in [3.8, 4) is 17.2 Å². The van der Waals surface area contributed by atoms with E-state index in [1.54, 1.807) is 51.4 Å². The molecule has 0 bridgehead atoms. The zero-order valence-electron chi connectivity index (χ0n) is 12.1. The average Bonchev–Trinajstić information content (AvgIpc) is 2.45. The largest absolute Gasteiger partial charge is 0.345 e. The Kier molecular flexibility index (Phi) is 3.90. The second-order valence-electron chi connectivity index (χ2n) is 4.96. The van der Waals surface area contributed by atoms with Gasteiger partial charge in [0.2, 0.25) is 0 Å². The molecular formula is C16H15N3O2. The van der Waals surface area contributed by atoms with E-state index in [0.29, 0.717) is 22.4 Å². The predicted molar refractivity (Wildman–Crippen MR) is 80.0 cm³/mol. The molecule has 0 atom stereocenters. The summed E-state index contributed by atoms with van der Waals surface area (Å²) in [5, 5.41) is 9.17. The molecule has 0 saturated carbocycles. The predicted octanol–water partition coefficient (Wildman–Crippen LogP) is 1.92. The Bertz CT molecular complexity index is 798. The van der Waals surface area contributed by atoms with Gasteiger partial charge in [-0.15, -0.1) is 0 Å². The minimum Gasteiger partial charge on any atom is -0.345 e. The van der Waals surface area contributed by atoms with Gasteiger partial charge in [0, 0.05) is 30.9 Å². The number of carbonyl (C=O) groups is 1. The van der Waals surface area contributed by atoms with Gasteiger partial charge in [0.25, 0.3) is 11.5 Å². The van der Waals surface area contributed by atoms with E-state index in [9.17, 15) is 14.9 Å². The molecule has 5 nitrogen and oxygen atoms in total. The van der Waals surface area contributed by atoms with Crippen molar-refractivity contribution in [2.75, 3.05) is 14.1 Å². The highest BCUT2D eigenvalue weighted by molar-refractivity contribution is 5.95. The normalized spacial score (nSPS) is 10.0. The van der Waals surface area contributed by atoms with Crippen molar-refractivity contribution >= 4 is 5.91 Å². The van der Waals surface area contributed by atoms with Gasteiger partial charge in [-0.25, -0.2) is 0 Å². The molecule has 5 heteroatoms. The fourth-order valence-corrected chi connectivity index (χ4v) is 2.11. The van der Waals surface area contributed by atoms with Crippen LogP contribution in [0.25, 0.3) is 11.1 Å². The summed E-state index contributed by atoms with van der Waals surface area (Å²) in [5.74, 6) is -0.128. The molecule has 1 N–H and O–H groups in total. The van der Waals surface area contributed by atoms with Gasteiger partial charge in [-0.1, -0.05) is 12.1 Å². The summed E-state index contributed by atoms with van der Waals surface area (Å²) in [6.07, 6.45) is 0. The fourth-order valence-electron chi connectivity index (χ4n) is 2.11. The molecule has 0 aliphatic carbocycles. The van der Waals surface area contributed by atoms with Crippen molar-refractivity contribution in [2.24, 2.45) is 0 Å². The maximum Gasteiger partial charge on any atom is 0.266 e. The number of aryl methyl sites for hydroxylation is 1. The van der Waals surface area contributed by atoms with E-state index in [1.165, 1.54) is 4.90 Å². The minimum absolute atomic E-state index is 0.0510. The number of benzene rings is 1. The molecule has 0 aliphatic rings. The number of amides is 1. The Morgan fingerprint density at radius 2 is 2.00 bits per heavy atom. The number of H-pyrrole nitrogens is 1. The summed E-state index contributed by atoms with van der Waals surface area (Å²) in [4.78, 5) is 27.9. The molecule has 1 aromatic carbocycles. The quantitative estimate of drug-likeness (QED) is 0.913. The van der Waals surface area contributed by atoms with Crippen molar-refractivity contribution in [2.45, 2.75) is 6.92 Å². The summed E-state index contributed by atoms with van der Waals surface area (Å²) in [7, 11) is 3.35. The summed E-state index contributed by atoms with van der Waals surface area (Å²) in [6, 6.07) is 10.6. The molecule has 0 spiro atoms. The van der Waals surface area contributed by atoms with E-state index in [4.69, 9.17) is 0 Å². The molecule has 106 valence electrons. The number of nitriles is 1. The van der Waals surface area contributed by atoms with Gasteiger partial charge >= 0.3 is 0 Å². The van der Waals surface area contributed by atoms with Gasteiger partial charge in [0.05, 0.1) is 0 Å². The number of pyridine rings is 1. The van der Waals surface area contributed by atoms with Crippen molar-refractivity contribution in [1.29, 1.82) is 5.26 Å². The lowest BCUT2D eigenvalue weighted by molar-refractivity contribution is 0.0827. The number of nitrogens with zero attached hydrogens (tertiary/aromatic N) is 2. The molecule has 2 rings (SSSR count). The van der Waals surface area contributed by atoms with Crippen LogP contribution in [-0.4, -0.2) is 29.9 Å². The van der Waals surface area contributed by atoms with Crippen LogP contribution in [0.3, 0.4) is 0 Å². The number of aromatic nitrogens is 1. The lowest BCUT2D eigenvalue weighted by atomic mass is 9.99. The molecule has 0 radical (unpaired) electrons. The summed E-state index contributed by atoms with van der Waals surface area (Å²) < 4.78 is 0. The molecule has 1 amide bonds. The maximum absolute atomic E-state index is 12.0. The standard InChI is InChI=1S/C16H15N3O2/c1-10-7-13(14(9-17)15(20)18-10)11-5-4-6-12(8-11)16(21)19(2)3/h4-8H,1-3H3,(H,18,20). The highest BCUT2D eigenvalue weighted by Gasteiger charge is 2.13. The first-order valence-corrected chi connectivity index (χ1v) is 6.40. The van der Waals surface area contributed by atoms with Gasteiger partial charge in [0.1, 0.15) is 11.6 Å². The van der Waals surface area contributed by atoms with Crippen molar-refractivity contribution in [1.82, 2.24) is 9.88 Å². The highest BCUT2D eigenvalue weighted by Crippen LogP contribution is 2.23. The summed E-state index contributed by atoms with van der Waals surface area (Å²) in [5.41, 5.74) is 2.02. The monoisotopic (exact) mass is 281 g/mol. The SMILES string of the molecule is Cc1cc(-c2cccc(C(=O)N(C)C)c2)c(C#N)c(=O)[nH]1. The van der Waals surface area contributed by atoms with Gasteiger partial charge in [-0.3, -0.25) is 9.59 Å². The molecule has 2 aromatic rings. The molecule has 1 heterocycles. The van der Waals surface area contributed by atoms with Gasteiger partial charge in [-0.2, -0.15) is 5.26 Å². The number of rotatable bonds is 2. The molecule has 1 aromatic heterocycles. The van der Waals surface area contributed by atoms with Gasteiger partial charge in [0.15, 0.2) is 0 Å². The van der Waals surface area contributed by atoms with Crippen LogP contribution >= 0.6 is 0 Å². The maximum atomic E-state index is 12.0. The van der Waals surface area contributed by atoms with Crippen LogP contribution in [0.5, 0.6) is 0 Å². The second-order valence-corrected chi connectivity index (χ2v) is 4.96. The Morgan fingerprint density at radius 3 is 2.62 bits per heavy atom. The first kappa shape index (κ1) is 14.5. The molecular weight excluding hydrogens is 266 g/mol. The average molecular weight is 281 g/mol. The first-order chi connectivity index (χ1) is 9.93. The summed E-state index contributed by atoms with van der Waals surface area (Å²) >= 11 is 0. The number of hydrogen-bond acceptors (Lipinski definition) is 3. The van der Waals surface area contributed by atoms with Crippen LogP contribution in [0.2, 0.25) is 0 Å². The van der Waals surface area contributed by atoms with Crippen LogP contribution in [0, 0.1) is 18.3 Å². The van der Waals surface area contributed by atoms with E-state index < -0.39 is 5.56 Å².